The molecule has 148 valence electrons. The van der Waals surface area contributed by atoms with Crippen molar-refractivity contribution in [2.24, 2.45) is 0 Å². The van der Waals surface area contributed by atoms with Crippen LogP contribution in [0.1, 0.15) is 28.2 Å². The zero-order chi connectivity index (χ0) is 20.5. The van der Waals surface area contributed by atoms with E-state index < -0.39 is 5.97 Å². The van der Waals surface area contributed by atoms with Gasteiger partial charge in [0.25, 0.3) is 5.78 Å². The molecule has 0 radical (unpaired) electrons. The first-order chi connectivity index (χ1) is 13.9. The van der Waals surface area contributed by atoms with Crippen LogP contribution in [0.15, 0.2) is 35.1 Å². The fraction of sp³-hybridized carbons (Fsp3) is 0.250. The molecule has 0 aliphatic heterocycles. The van der Waals surface area contributed by atoms with Crippen molar-refractivity contribution in [3.63, 3.8) is 0 Å². The second kappa shape index (κ2) is 7.42. The van der Waals surface area contributed by atoms with Gasteiger partial charge in [0, 0.05) is 28.1 Å². The third kappa shape index (κ3) is 3.58. The lowest BCUT2D eigenvalue weighted by atomic mass is 10.1. The third-order valence-corrected chi connectivity index (χ3v) is 4.81. The predicted octanol–water partition coefficient (Wildman–Crippen LogP) is 3.13. The Morgan fingerprint density at radius 3 is 2.72 bits per heavy atom. The first-order valence-corrected chi connectivity index (χ1v) is 8.96. The molecule has 0 aliphatic rings. The first-order valence-electron chi connectivity index (χ1n) is 8.96. The fourth-order valence-electron chi connectivity index (χ4n) is 3.13. The lowest BCUT2D eigenvalue weighted by Gasteiger charge is -2.10. The smallest absolute Gasteiger partial charge is 0.310 e. The van der Waals surface area contributed by atoms with Crippen molar-refractivity contribution >= 4 is 11.7 Å². The van der Waals surface area contributed by atoms with Gasteiger partial charge < -0.3 is 9.26 Å². The Morgan fingerprint density at radius 2 is 1.97 bits per heavy atom. The van der Waals surface area contributed by atoms with Crippen LogP contribution in [-0.4, -0.2) is 30.7 Å². The summed E-state index contributed by atoms with van der Waals surface area (Å²) in [5, 5.41) is 8.10. The van der Waals surface area contributed by atoms with Crippen LogP contribution in [-0.2, 0) is 22.6 Å². The summed E-state index contributed by atoms with van der Waals surface area (Å²) >= 11 is 0. The molecule has 8 nitrogen and oxygen atoms in total. The van der Waals surface area contributed by atoms with Crippen LogP contribution >= 0.6 is 0 Å². The summed E-state index contributed by atoms with van der Waals surface area (Å²) in [6.45, 7) is 5.47. The molecular formula is C20H18FN5O3. The van der Waals surface area contributed by atoms with Crippen molar-refractivity contribution in [1.82, 2.24) is 24.7 Å². The monoisotopic (exact) mass is 395 g/mol. The molecule has 29 heavy (non-hydrogen) atoms. The number of halogens is 1. The summed E-state index contributed by atoms with van der Waals surface area (Å²) in [5.41, 5.74) is 4.19. The summed E-state index contributed by atoms with van der Waals surface area (Å²) in [4.78, 5) is 20.8. The Hall–Kier alpha value is -3.62. The molecule has 0 saturated carbocycles. The Balaban J connectivity index is 1.46. The Labute approximate surface area is 165 Å². The highest BCUT2D eigenvalue weighted by atomic mass is 19.1. The van der Waals surface area contributed by atoms with Gasteiger partial charge in [0.15, 0.2) is 5.76 Å². The van der Waals surface area contributed by atoms with Gasteiger partial charge in [0.1, 0.15) is 24.4 Å². The number of hydrogen-bond donors (Lipinski definition) is 0. The van der Waals surface area contributed by atoms with E-state index in [1.807, 2.05) is 20.8 Å². The molecule has 0 unspecified atom stereocenters. The van der Waals surface area contributed by atoms with Crippen LogP contribution in [0.4, 0.5) is 4.39 Å². The zero-order valence-corrected chi connectivity index (χ0v) is 16.1. The number of rotatable bonds is 5. The van der Waals surface area contributed by atoms with E-state index in [1.165, 1.54) is 18.5 Å². The van der Waals surface area contributed by atoms with Gasteiger partial charge in [-0.3, -0.25) is 4.79 Å². The summed E-state index contributed by atoms with van der Waals surface area (Å²) in [7, 11) is 0. The van der Waals surface area contributed by atoms with Crippen LogP contribution in [0.3, 0.4) is 0 Å². The SMILES string of the molecule is Cc1nc2ncnn2c(C)c1CC(=O)OCc1noc(-c2ccc(F)cc2)c1C. The molecule has 0 bridgehead atoms. The molecule has 0 saturated heterocycles. The van der Waals surface area contributed by atoms with Gasteiger partial charge >= 0.3 is 5.97 Å². The van der Waals surface area contributed by atoms with Crippen molar-refractivity contribution < 1.29 is 18.4 Å². The molecule has 4 rings (SSSR count). The largest absolute Gasteiger partial charge is 0.459 e. The predicted molar refractivity (Wildman–Crippen MR) is 100 cm³/mol. The number of nitrogens with zero attached hydrogens (tertiary/aromatic N) is 5. The lowest BCUT2D eigenvalue weighted by Crippen LogP contribution is -2.13. The first kappa shape index (κ1) is 18.7. The molecule has 0 spiro atoms. The van der Waals surface area contributed by atoms with E-state index in [0.717, 1.165) is 16.8 Å². The molecule has 0 atom stereocenters. The second-order valence-electron chi connectivity index (χ2n) is 6.66. The summed E-state index contributed by atoms with van der Waals surface area (Å²) in [6.07, 6.45) is 1.48. The fourth-order valence-corrected chi connectivity index (χ4v) is 3.13. The van der Waals surface area contributed by atoms with Crippen molar-refractivity contribution in [3.05, 3.63) is 64.6 Å². The Bertz CT molecular complexity index is 1200. The molecule has 0 amide bonds. The molecule has 3 heterocycles. The van der Waals surface area contributed by atoms with Crippen LogP contribution in [0, 0.1) is 26.6 Å². The average molecular weight is 395 g/mol. The molecular weight excluding hydrogens is 377 g/mol. The number of carbonyl (C=O) groups excluding carboxylic acids is 1. The highest BCUT2D eigenvalue weighted by molar-refractivity contribution is 5.73. The van der Waals surface area contributed by atoms with E-state index in [2.05, 4.69) is 20.2 Å². The maximum absolute atomic E-state index is 13.1. The molecule has 1 aromatic carbocycles. The minimum Gasteiger partial charge on any atom is -0.459 e. The van der Waals surface area contributed by atoms with Crippen LogP contribution in [0.2, 0.25) is 0 Å². The van der Waals surface area contributed by atoms with E-state index in [1.54, 1.807) is 16.6 Å². The van der Waals surface area contributed by atoms with E-state index in [9.17, 15) is 9.18 Å². The van der Waals surface area contributed by atoms with Crippen molar-refractivity contribution in [2.45, 2.75) is 33.8 Å². The number of benzene rings is 1. The maximum Gasteiger partial charge on any atom is 0.310 e. The zero-order valence-electron chi connectivity index (χ0n) is 16.1. The third-order valence-electron chi connectivity index (χ3n) is 4.81. The summed E-state index contributed by atoms with van der Waals surface area (Å²) in [5.74, 6) is 0.264. The Kier molecular flexibility index (Phi) is 4.79. The normalized spacial score (nSPS) is 11.2. The van der Waals surface area contributed by atoms with Gasteiger partial charge in [-0.2, -0.15) is 10.1 Å². The number of aryl methyl sites for hydroxylation is 2. The average Bonchev–Trinajstić information content (AvgIpc) is 3.31. The molecule has 0 fully saturated rings. The number of hydrogen-bond acceptors (Lipinski definition) is 7. The molecule has 4 aromatic rings. The van der Waals surface area contributed by atoms with Gasteiger partial charge in [-0.1, -0.05) is 5.16 Å². The van der Waals surface area contributed by atoms with Crippen molar-refractivity contribution in [2.75, 3.05) is 0 Å². The van der Waals surface area contributed by atoms with Crippen LogP contribution < -0.4 is 0 Å². The van der Waals surface area contributed by atoms with E-state index in [4.69, 9.17) is 9.26 Å². The second-order valence-corrected chi connectivity index (χ2v) is 6.66. The van der Waals surface area contributed by atoms with Gasteiger partial charge in [-0.15, -0.1) is 0 Å². The highest BCUT2D eigenvalue weighted by Gasteiger charge is 2.18. The minimum absolute atomic E-state index is 0.0214. The van der Waals surface area contributed by atoms with Crippen molar-refractivity contribution in [3.8, 4) is 11.3 Å². The van der Waals surface area contributed by atoms with Crippen LogP contribution in [0.25, 0.3) is 17.1 Å². The van der Waals surface area contributed by atoms with Crippen molar-refractivity contribution in [1.29, 1.82) is 0 Å². The van der Waals surface area contributed by atoms with Gasteiger partial charge in [0.05, 0.1) is 6.42 Å². The number of ether oxygens (including phenoxy) is 1. The maximum atomic E-state index is 13.1. The highest BCUT2D eigenvalue weighted by Crippen LogP contribution is 2.26. The van der Waals surface area contributed by atoms with Crippen LogP contribution in [0.5, 0.6) is 0 Å². The number of esters is 1. The summed E-state index contributed by atoms with van der Waals surface area (Å²) in [6, 6.07) is 5.91. The van der Waals surface area contributed by atoms with E-state index in [-0.39, 0.29) is 18.8 Å². The lowest BCUT2D eigenvalue weighted by molar-refractivity contribution is -0.144. The van der Waals surface area contributed by atoms with Gasteiger partial charge in [-0.25, -0.2) is 13.9 Å². The minimum atomic E-state index is -0.414. The molecule has 9 heteroatoms. The number of fused-ring (bicyclic) bond motifs is 1. The number of aromatic nitrogens is 5. The van der Waals surface area contributed by atoms with E-state index in [0.29, 0.717) is 28.5 Å². The van der Waals surface area contributed by atoms with E-state index >= 15 is 0 Å². The molecule has 0 aliphatic carbocycles. The molecule has 3 aromatic heterocycles. The standard InChI is InChI=1S/C20H18FN5O3/c1-11-17(25-29-19(11)14-4-6-15(21)7-5-14)9-28-18(27)8-16-12(2)24-20-22-10-23-26(20)13(16)3/h4-7,10H,8-9H2,1-3H3. The number of carbonyl (C=O) groups is 1. The summed E-state index contributed by atoms with van der Waals surface area (Å²) < 4.78 is 25.4. The van der Waals surface area contributed by atoms with Gasteiger partial charge in [-0.05, 0) is 45.0 Å². The quantitative estimate of drug-likeness (QED) is 0.479. The molecule has 0 N–H and O–H groups in total. The Morgan fingerprint density at radius 1 is 1.21 bits per heavy atom. The van der Waals surface area contributed by atoms with Gasteiger partial charge in [0.2, 0.25) is 0 Å². The topological polar surface area (TPSA) is 95.4 Å².